The van der Waals surface area contributed by atoms with Crippen LogP contribution in [0.1, 0.15) is 19.8 Å². The molecule has 4 amide bonds. The number of carbonyl (C=O) groups is 4. The second-order valence-electron chi connectivity index (χ2n) is 4.74. The standard InChI is InChI=1S/C12H22N4O5/c1-7(10(18)14-2)6-16(3)12(21)15-8(11(19)20)4-5-9(13)17/h7-8H,4-6H2,1-3H3,(H2,13,17)(H,14,18)(H,15,21)(H,19,20)/t7?,8-/m0/s1. The summed E-state index contributed by atoms with van der Waals surface area (Å²) in [6.45, 7) is 1.78. The molecule has 0 heterocycles. The van der Waals surface area contributed by atoms with Crippen molar-refractivity contribution in [3.05, 3.63) is 0 Å². The SMILES string of the molecule is CNC(=O)C(C)CN(C)C(=O)N[C@@H](CCC(N)=O)C(=O)O. The minimum absolute atomic E-state index is 0.0880. The summed E-state index contributed by atoms with van der Waals surface area (Å²) in [4.78, 5) is 46.1. The van der Waals surface area contributed by atoms with E-state index in [0.717, 1.165) is 0 Å². The van der Waals surface area contributed by atoms with Gasteiger partial charge in [-0.2, -0.15) is 0 Å². The van der Waals surface area contributed by atoms with Gasteiger partial charge in [0.1, 0.15) is 6.04 Å². The average molecular weight is 302 g/mol. The first-order chi connectivity index (χ1) is 9.68. The molecule has 0 aromatic carbocycles. The van der Waals surface area contributed by atoms with Crippen LogP contribution in [0.4, 0.5) is 4.79 Å². The molecule has 0 aliphatic rings. The highest BCUT2D eigenvalue weighted by Crippen LogP contribution is 2.02. The number of urea groups is 1. The number of aliphatic carboxylic acids is 1. The van der Waals surface area contributed by atoms with Gasteiger partial charge in [-0.3, -0.25) is 9.59 Å². The second kappa shape index (κ2) is 8.77. The third-order valence-electron chi connectivity index (χ3n) is 2.86. The molecule has 9 nitrogen and oxygen atoms in total. The highest BCUT2D eigenvalue weighted by Gasteiger charge is 2.23. The van der Waals surface area contributed by atoms with Crippen molar-refractivity contribution in [2.45, 2.75) is 25.8 Å². The molecule has 0 saturated heterocycles. The first-order valence-corrected chi connectivity index (χ1v) is 6.43. The monoisotopic (exact) mass is 302 g/mol. The van der Waals surface area contributed by atoms with E-state index in [2.05, 4.69) is 10.6 Å². The Balaban J connectivity index is 4.50. The Kier molecular flexibility index (Phi) is 7.80. The largest absolute Gasteiger partial charge is 0.480 e. The predicted molar refractivity (Wildman–Crippen MR) is 74.2 cm³/mol. The zero-order chi connectivity index (χ0) is 16.6. The van der Waals surface area contributed by atoms with Crippen LogP contribution >= 0.6 is 0 Å². The van der Waals surface area contributed by atoms with Crippen LogP contribution in [0, 0.1) is 5.92 Å². The van der Waals surface area contributed by atoms with Crippen LogP contribution in [0.15, 0.2) is 0 Å². The number of hydrogen-bond acceptors (Lipinski definition) is 4. The van der Waals surface area contributed by atoms with Crippen molar-refractivity contribution in [3.8, 4) is 0 Å². The Morgan fingerprint density at radius 3 is 2.29 bits per heavy atom. The fourth-order valence-electron chi connectivity index (χ4n) is 1.63. The molecule has 0 aromatic rings. The summed E-state index contributed by atoms with van der Waals surface area (Å²) in [6, 6.07) is -1.84. The lowest BCUT2D eigenvalue weighted by Crippen LogP contribution is -2.48. The van der Waals surface area contributed by atoms with E-state index in [1.807, 2.05) is 0 Å². The molecule has 0 aromatic heterocycles. The minimum atomic E-state index is -1.25. The van der Waals surface area contributed by atoms with Crippen molar-refractivity contribution in [2.24, 2.45) is 11.7 Å². The van der Waals surface area contributed by atoms with E-state index in [0.29, 0.717) is 0 Å². The third-order valence-corrected chi connectivity index (χ3v) is 2.86. The van der Waals surface area contributed by atoms with Gasteiger partial charge < -0.3 is 26.4 Å². The third kappa shape index (κ3) is 7.14. The number of carboxylic acid groups (broad SMARTS) is 1. The van der Waals surface area contributed by atoms with Gasteiger partial charge in [0.2, 0.25) is 11.8 Å². The number of amides is 4. The summed E-state index contributed by atoms with van der Waals surface area (Å²) >= 11 is 0. The number of carbonyl (C=O) groups excluding carboxylic acids is 3. The van der Waals surface area contributed by atoms with Crippen LogP contribution in [-0.4, -0.2) is 60.5 Å². The maximum Gasteiger partial charge on any atom is 0.326 e. The Morgan fingerprint density at radius 1 is 1.29 bits per heavy atom. The molecule has 1 unspecified atom stereocenters. The summed E-state index contributed by atoms with van der Waals surface area (Å²) in [5.74, 6) is -2.55. The number of hydrogen-bond donors (Lipinski definition) is 4. The Bertz CT molecular complexity index is 412. The normalized spacial score (nSPS) is 12.9. The van der Waals surface area contributed by atoms with Gasteiger partial charge in [0.25, 0.3) is 0 Å². The predicted octanol–water partition coefficient (Wildman–Crippen LogP) is -1.27. The van der Waals surface area contributed by atoms with E-state index in [9.17, 15) is 19.2 Å². The summed E-state index contributed by atoms with van der Waals surface area (Å²) in [7, 11) is 2.94. The van der Waals surface area contributed by atoms with E-state index in [4.69, 9.17) is 10.8 Å². The molecule has 21 heavy (non-hydrogen) atoms. The van der Waals surface area contributed by atoms with Gasteiger partial charge in [-0.1, -0.05) is 6.92 Å². The quantitative estimate of drug-likeness (QED) is 0.442. The molecule has 5 N–H and O–H groups in total. The number of nitrogens with zero attached hydrogens (tertiary/aromatic N) is 1. The molecule has 0 bridgehead atoms. The molecular weight excluding hydrogens is 280 g/mol. The van der Waals surface area contributed by atoms with Crippen LogP contribution in [0.25, 0.3) is 0 Å². The summed E-state index contributed by atoms with van der Waals surface area (Å²) in [5, 5.41) is 13.7. The lowest BCUT2D eigenvalue weighted by Gasteiger charge is -2.23. The molecule has 0 fully saturated rings. The van der Waals surface area contributed by atoms with Crippen molar-refractivity contribution in [2.75, 3.05) is 20.6 Å². The number of carboxylic acids is 1. The van der Waals surface area contributed by atoms with Gasteiger partial charge >= 0.3 is 12.0 Å². The Morgan fingerprint density at radius 2 is 1.86 bits per heavy atom. The van der Waals surface area contributed by atoms with Gasteiger partial charge in [0, 0.05) is 27.1 Å². The summed E-state index contributed by atoms with van der Waals surface area (Å²) < 4.78 is 0. The summed E-state index contributed by atoms with van der Waals surface area (Å²) in [5.41, 5.74) is 4.95. The van der Waals surface area contributed by atoms with Crippen LogP contribution in [0.5, 0.6) is 0 Å². The highest BCUT2D eigenvalue weighted by molar-refractivity contribution is 5.84. The Labute approximate surface area is 122 Å². The van der Waals surface area contributed by atoms with Crippen LogP contribution < -0.4 is 16.4 Å². The molecular formula is C12H22N4O5. The lowest BCUT2D eigenvalue weighted by atomic mass is 10.1. The van der Waals surface area contributed by atoms with E-state index in [1.165, 1.54) is 19.0 Å². The van der Waals surface area contributed by atoms with E-state index in [-0.39, 0.29) is 25.3 Å². The number of rotatable bonds is 8. The van der Waals surface area contributed by atoms with Gasteiger partial charge in [0.15, 0.2) is 0 Å². The van der Waals surface area contributed by atoms with Crippen LogP contribution in [0.3, 0.4) is 0 Å². The van der Waals surface area contributed by atoms with Gasteiger partial charge in [0.05, 0.1) is 5.92 Å². The van der Waals surface area contributed by atoms with Gasteiger partial charge in [-0.25, -0.2) is 9.59 Å². The maximum atomic E-state index is 11.9. The molecule has 0 rings (SSSR count). The molecule has 0 aliphatic carbocycles. The second-order valence-corrected chi connectivity index (χ2v) is 4.74. The van der Waals surface area contributed by atoms with Crippen molar-refractivity contribution in [1.82, 2.24) is 15.5 Å². The van der Waals surface area contributed by atoms with Crippen molar-refractivity contribution in [3.63, 3.8) is 0 Å². The average Bonchev–Trinajstić information content (AvgIpc) is 2.41. The fourth-order valence-corrected chi connectivity index (χ4v) is 1.63. The van der Waals surface area contributed by atoms with E-state index >= 15 is 0 Å². The molecule has 0 radical (unpaired) electrons. The van der Waals surface area contributed by atoms with Crippen LogP contribution in [0.2, 0.25) is 0 Å². The first-order valence-electron chi connectivity index (χ1n) is 6.43. The molecule has 0 saturated carbocycles. The molecule has 9 heteroatoms. The van der Waals surface area contributed by atoms with Crippen molar-refractivity contribution in [1.29, 1.82) is 0 Å². The number of nitrogens with one attached hydrogen (secondary N) is 2. The molecule has 2 atom stereocenters. The molecule has 120 valence electrons. The van der Waals surface area contributed by atoms with E-state index < -0.39 is 29.9 Å². The van der Waals surface area contributed by atoms with Crippen molar-refractivity contribution < 1.29 is 24.3 Å². The topological polar surface area (TPSA) is 142 Å². The van der Waals surface area contributed by atoms with E-state index in [1.54, 1.807) is 6.92 Å². The maximum absolute atomic E-state index is 11.9. The minimum Gasteiger partial charge on any atom is -0.480 e. The molecule has 0 aliphatic heterocycles. The van der Waals surface area contributed by atoms with Crippen molar-refractivity contribution >= 4 is 23.8 Å². The highest BCUT2D eigenvalue weighted by atomic mass is 16.4. The number of nitrogens with two attached hydrogens (primary N) is 1. The van der Waals surface area contributed by atoms with Gasteiger partial charge in [-0.05, 0) is 6.42 Å². The Hall–Kier alpha value is -2.32. The molecule has 0 spiro atoms. The fraction of sp³-hybridized carbons (Fsp3) is 0.667. The zero-order valence-electron chi connectivity index (χ0n) is 12.4. The zero-order valence-corrected chi connectivity index (χ0v) is 12.4. The first kappa shape index (κ1) is 18.7. The lowest BCUT2D eigenvalue weighted by molar-refractivity contribution is -0.139. The number of primary amides is 1. The van der Waals surface area contributed by atoms with Crippen LogP contribution in [-0.2, 0) is 14.4 Å². The smallest absolute Gasteiger partial charge is 0.326 e. The van der Waals surface area contributed by atoms with Gasteiger partial charge in [-0.15, -0.1) is 0 Å². The summed E-state index contributed by atoms with van der Waals surface area (Å²) in [6.07, 6.45) is -0.231.